The summed E-state index contributed by atoms with van der Waals surface area (Å²) in [4.78, 5) is 36.6. The van der Waals surface area contributed by atoms with E-state index in [4.69, 9.17) is 4.74 Å². The quantitative estimate of drug-likeness (QED) is 0.874. The molecule has 0 aromatic heterocycles. The Morgan fingerprint density at radius 3 is 1.91 bits per heavy atom. The highest BCUT2D eigenvalue weighted by atomic mass is 16.5. The van der Waals surface area contributed by atoms with Crippen molar-refractivity contribution in [2.75, 3.05) is 36.9 Å². The highest BCUT2D eigenvalue weighted by Crippen LogP contribution is 2.21. The van der Waals surface area contributed by atoms with Gasteiger partial charge in [-0.05, 0) is 18.2 Å². The summed E-state index contributed by atoms with van der Waals surface area (Å²) >= 11 is 0. The number of benzene rings is 1. The number of anilines is 2. The lowest BCUT2D eigenvalue weighted by Crippen LogP contribution is -2.40. The molecule has 7 heteroatoms. The van der Waals surface area contributed by atoms with Gasteiger partial charge in [-0.3, -0.25) is 14.4 Å². The van der Waals surface area contributed by atoms with Crippen LogP contribution in [-0.2, 0) is 14.3 Å². The Morgan fingerprint density at radius 2 is 1.45 bits per heavy atom. The van der Waals surface area contributed by atoms with Gasteiger partial charge >= 0.3 is 0 Å². The predicted molar refractivity (Wildman–Crippen MR) is 81.8 cm³/mol. The van der Waals surface area contributed by atoms with Gasteiger partial charge in [0, 0.05) is 43.9 Å². The van der Waals surface area contributed by atoms with Crippen LogP contribution >= 0.6 is 0 Å². The van der Waals surface area contributed by atoms with Gasteiger partial charge in [-0.25, -0.2) is 0 Å². The van der Waals surface area contributed by atoms with Gasteiger partial charge < -0.3 is 20.3 Å². The molecule has 1 aliphatic heterocycles. The van der Waals surface area contributed by atoms with Crippen LogP contribution in [0.3, 0.4) is 0 Å². The molecule has 3 amide bonds. The zero-order chi connectivity index (χ0) is 16.1. The van der Waals surface area contributed by atoms with Crippen molar-refractivity contribution < 1.29 is 19.1 Å². The maximum absolute atomic E-state index is 12.5. The summed E-state index contributed by atoms with van der Waals surface area (Å²) in [6, 6.07) is 4.81. The smallest absolute Gasteiger partial charge is 0.254 e. The second-order valence-corrected chi connectivity index (χ2v) is 5.07. The van der Waals surface area contributed by atoms with Crippen LogP contribution in [-0.4, -0.2) is 48.9 Å². The molecule has 0 spiro atoms. The Hall–Kier alpha value is -2.41. The van der Waals surface area contributed by atoms with Crippen LogP contribution < -0.4 is 10.6 Å². The van der Waals surface area contributed by atoms with E-state index in [1.165, 1.54) is 13.8 Å². The standard InChI is InChI=1S/C15H19N3O4/c1-10(19)16-13-7-12(8-14(9-13)17-11(2)20)15(21)18-3-5-22-6-4-18/h7-9H,3-6H2,1-2H3,(H,16,19)(H,17,20). The first kappa shape index (κ1) is 16.0. The van der Waals surface area contributed by atoms with E-state index in [-0.39, 0.29) is 17.7 Å². The van der Waals surface area contributed by atoms with E-state index >= 15 is 0 Å². The zero-order valence-electron chi connectivity index (χ0n) is 12.6. The third kappa shape index (κ3) is 4.29. The second-order valence-electron chi connectivity index (χ2n) is 5.07. The van der Waals surface area contributed by atoms with Crippen LogP contribution in [0, 0.1) is 0 Å². The molecule has 0 aliphatic carbocycles. The van der Waals surface area contributed by atoms with Crippen molar-refractivity contribution in [3.8, 4) is 0 Å². The fourth-order valence-electron chi connectivity index (χ4n) is 2.25. The molecule has 2 rings (SSSR count). The van der Waals surface area contributed by atoms with Crippen molar-refractivity contribution in [2.45, 2.75) is 13.8 Å². The minimum atomic E-state index is -0.246. The van der Waals surface area contributed by atoms with Crippen molar-refractivity contribution in [1.29, 1.82) is 0 Å². The summed E-state index contributed by atoms with van der Waals surface area (Å²) in [5.74, 6) is -0.642. The minimum Gasteiger partial charge on any atom is -0.378 e. The number of ether oxygens (including phenoxy) is 1. The summed E-state index contributed by atoms with van der Waals surface area (Å²) in [5, 5.41) is 5.26. The zero-order valence-corrected chi connectivity index (χ0v) is 12.6. The molecule has 0 radical (unpaired) electrons. The molecule has 2 N–H and O–H groups in total. The predicted octanol–water partition coefficient (Wildman–Crippen LogP) is 1.08. The molecule has 118 valence electrons. The molecule has 22 heavy (non-hydrogen) atoms. The van der Waals surface area contributed by atoms with Crippen LogP contribution in [0.2, 0.25) is 0 Å². The number of hydrogen-bond acceptors (Lipinski definition) is 4. The number of amides is 3. The number of rotatable bonds is 3. The van der Waals surface area contributed by atoms with Crippen LogP contribution in [0.4, 0.5) is 11.4 Å². The SMILES string of the molecule is CC(=O)Nc1cc(NC(C)=O)cc(C(=O)N2CCOCC2)c1. The van der Waals surface area contributed by atoms with Gasteiger partial charge in [0.25, 0.3) is 5.91 Å². The van der Waals surface area contributed by atoms with Gasteiger partial charge in [0.15, 0.2) is 0 Å². The molecular formula is C15H19N3O4. The Kier molecular flexibility index (Phi) is 5.11. The monoisotopic (exact) mass is 305 g/mol. The molecule has 1 aromatic carbocycles. The fourth-order valence-corrected chi connectivity index (χ4v) is 2.25. The molecule has 1 saturated heterocycles. The molecule has 1 aliphatic rings. The third-order valence-corrected chi connectivity index (χ3v) is 3.12. The van der Waals surface area contributed by atoms with Crippen molar-refractivity contribution in [1.82, 2.24) is 4.90 Å². The van der Waals surface area contributed by atoms with Gasteiger partial charge in [-0.1, -0.05) is 0 Å². The first-order chi connectivity index (χ1) is 10.5. The van der Waals surface area contributed by atoms with E-state index in [0.29, 0.717) is 43.2 Å². The van der Waals surface area contributed by atoms with Crippen molar-refractivity contribution in [3.63, 3.8) is 0 Å². The summed E-state index contributed by atoms with van der Waals surface area (Å²) in [6.45, 7) is 4.84. The number of nitrogens with zero attached hydrogens (tertiary/aromatic N) is 1. The van der Waals surface area contributed by atoms with Gasteiger partial charge in [0.1, 0.15) is 0 Å². The van der Waals surface area contributed by atoms with Gasteiger partial charge in [-0.15, -0.1) is 0 Å². The number of hydrogen-bond donors (Lipinski definition) is 2. The summed E-state index contributed by atoms with van der Waals surface area (Å²) in [5.41, 5.74) is 1.35. The first-order valence-corrected chi connectivity index (χ1v) is 7.03. The normalized spacial score (nSPS) is 14.4. The largest absolute Gasteiger partial charge is 0.378 e. The van der Waals surface area contributed by atoms with Crippen LogP contribution in [0.15, 0.2) is 18.2 Å². The summed E-state index contributed by atoms with van der Waals surface area (Å²) in [6.07, 6.45) is 0. The fraction of sp³-hybridized carbons (Fsp3) is 0.400. The molecule has 7 nitrogen and oxygen atoms in total. The van der Waals surface area contributed by atoms with Crippen LogP contribution in [0.25, 0.3) is 0 Å². The average molecular weight is 305 g/mol. The molecule has 0 bridgehead atoms. The van der Waals surface area contributed by atoms with Crippen molar-refractivity contribution >= 4 is 29.1 Å². The maximum atomic E-state index is 12.5. The Bertz CT molecular complexity index is 560. The Morgan fingerprint density at radius 1 is 0.955 bits per heavy atom. The number of morpholine rings is 1. The van der Waals surface area contributed by atoms with Gasteiger partial charge in [0.05, 0.1) is 13.2 Å². The molecule has 1 fully saturated rings. The highest BCUT2D eigenvalue weighted by Gasteiger charge is 2.19. The van der Waals surface area contributed by atoms with Crippen molar-refractivity contribution in [3.05, 3.63) is 23.8 Å². The van der Waals surface area contributed by atoms with E-state index in [1.54, 1.807) is 23.1 Å². The molecular weight excluding hydrogens is 286 g/mol. The average Bonchev–Trinajstić information content (AvgIpc) is 2.45. The molecule has 0 unspecified atom stereocenters. The third-order valence-electron chi connectivity index (χ3n) is 3.12. The molecule has 0 atom stereocenters. The lowest BCUT2D eigenvalue weighted by molar-refractivity contribution is -0.115. The van der Waals surface area contributed by atoms with Crippen LogP contribution in [0.5, 0.6) is 0 Å². The lowest BCUT2D eigenvalue weighted by Gasteiger charge is -2.27. The molecule has 1 heterocycles. The number of nitrogens with one attached hydrogen (secondary N) is 2. The van der Waals surface area contributed by atoms with Gasteiger partial charge in [-0.2, -0.15) is 0 Å². The van der Waals surface area contributed by atoms with Crippen molar-refractivity contribution in [2.24, 2.45) is 0 Å². The van der Waals surface area contributed by atoms with E-state index in [9.17, 15) is 14.4 Å². The first-order valence-electron chi connectivity index (χ1n) is 7.03. The lowest BCUT2D eigenvalue weighted by atomic mass is 10.1. The molecule has 1 aromatic rings. The second kappa shape index (κ2) is 7.04. The molecule has 0 saturated carbocycles. The highest BCUT2D eigenvalue weighted by molar-refractivity contribution is 6.00. The number of carbonyl (C=O) groups excluding carboxylic acids is 3. The van der Waals surface area contributed by atoms with E-state index in [1.807, 2.05) is 0 Å². The van der Waals surface area contributed by atoms with E-state index in [0.717, 1.165) is 0 Å². The summed E-state index contributed by atoms with van der Waals surface area (Å²) in [7, 11) is 0. The van der Waals surface area contributed by atoms with Gasteiger partial charge in [0.2, 0.25) is 11.8 Å². The minimum absolute atomic E-state index is 0.151. The summed E-state index contributed by atoms with van der Waals surface area (Å²) < 4.78 is 5.23. The Labute approximate surface area is 128 Å². The Balaban J connectivity index is 2.29. The maximum Gasteiger partial charge on any atom is 0.254 e. The number of carbonyl (C=O) groups is 3. The van der Waals surface area contributed by atoms with E-state index < -0.39 is 0 Å². The van der Waals surface area contributed by atoms with Crippen LogP contribution in [0.1, 0.15) is 24.2 Å². The topological polar surface area (TPSA) is 87.7 Å². The van der Waals surface area contributed by atoms with E-state index in [2.05, 4.69) is 10.6 Å².